The number of H-pyrrole nitrogens is 1. The average Bonchev–Trinajstić information content (AvgIpc) is 3.45. The average molecular weight is 679 g/mol. The van der Waals surface area contributed by atoms with Crippen LogP contribution in [-0.4, -0.2) is 25.7 Å². The van der Waals surface area contributed by atoms with Crippen LogP contribution in [0.1, 0.15) is 80.5 Å². The summed E-state index contributed by atoms with van der Waals surface area (Å²) in [6, 6.07) is 15.6. The number of halogens is 3. The number of aromatic nitrogens is 4. The largest absolute Gasteiger partial charge is 0.338 e. The lowest BCUT2D eigenvalue weighted by Crippen LogP contribution is -2.28. The van der Waals surface area contributed by atoms with E-state index in [1.165, 1.54) is 23.9 Å². The summed E-state index contributed by atoms with van der Waals surface area (Å²) in [6.07, 6.45) is 13.9. The zero-order chi connectivity index (χ0) is 29.3. The summed E-state index contributed by atoms with van der Waals surface area (Å²) in [5.41, 5.74) is 4.80. The van der Waals surface area contributed by atoms with E-state index in [4.69, 9.17) is 9.97 Å². The van der Waals surface area contributed by atoms with Crippen molar-refractivity contribution in [3.63, 3.8) is 0 Å². The minimum atomic E-state index is -2.93. The van der Waals surface area contributed by atoms with Crippen molar-refractivity contribution in [3.05, 3.63) is 88.4 Å². The zero-order valence-electron chi connectivity index (χ0n) is 23.5. The van der Waals surface area contributed by atoms with Crippen LogP contribution in [0.5, 0.6) is 0 Å². The molecule has 0 radical (unpaired) electrons. The summed E-state index contributed by atoms with van der Waals surface area (Å²) in [4.78, 5) is 29.0. The molecule has 8 heteroatoms. The van der Waals surface area contributed by atoms with E-state index in [2.05, 4.69) is 34.2 Å². The van der Waals surface area contributed by atoms with Gasteiger partial charge in [0.2, 0.25) is 0 Å². The van der Waals surface area contributed by atoms with Crippen LogP contribution < -0.4 is 10.7 Å². The smallest absolute Gasteiger partial charge is 0.321 e. The van der Waals surface area contributed by atoms with Crippen LogP contribution in [0.4, 0.5) is 8.78 Å². The van der Waals surface area contributed by atoms with Gasteiger partial charge in [-0.2, -0.15) is 8.78 Å². The number of alkyl halides is 3. The molecule has 0 saturated heterocycles. The van der Waals surface area contributed by atoms with Gasteiger partial charge < -0.3 is 4.98 Å². The molecule has 1 N–H and O–H groups in total. The van der Waals surface area contributed by atoms with Crippen LogP contribution in [0, 0.1) is 5.92 Å². The van der Waals surface area contributed by atoms with Gasteiger partial charge in [-0.15, -0.1) is 0 Å². The zero-order valence-corrected chi connectivity index (χ0v) is 25.7. The van der Waals surface area contributed by atoms with Gasteiger partial charge in [-0.25, -0.2) is 4.98 Å². The van der Waals surface area contributed by atoms with Crippen molar-refractivity contribution in [2.75, 3.05) is 0 Å². The molecule has 216 valence electrons. The number of fused-ring (bicyclic) bond motifs is 1. The number of rotatable bonds is 8. The maximum Gasteiger partial charge on any atom is 0.321 e. The number of carbonyl (C=O) groups is 1. The summed E-state index contributed by atoms with van der Waals surface area (Å²) in [5.74, 6) is 2.12. The SMILES string of the molecule is CCC(=O)CC1CCC(c2ccc(-c3ccc(-c4nc5c([nH]4)=CC(c4cc(C(F)(F)I)ccn4)CC=5)cn3)cc2)CC1. The Bertz CT molecular complexity index is 1690. The number of Topliss-reactive ketones (excluding diaryl/α,β-unsaturated/α-hetero) is 1. The van der Waals surface area contributed by atoms with Gasteiger partial charge in [-0.3, -0.25) is 14.8 Å². The fraction of sp³-hybridized carbons (Fsp3) is 0.353. The summed E-state index contributed by atoms with van der Waals surface area (Å²) < 4.78 is 24.7. The number of nitrogens with zero attached hydrogens (tertiary/aromatic N) is 3. The molecule has 5 nitrogen and oxygen atoms in total. The summed E-state index contributed by atoms with van der Waals surface area (Å²) in [6.45, 7) is 1.95. The predicted octanol–water partition coefficient (Wildman–Crippen LogP) is 7.41. The minimum absolute atomic E-state index is 0.0397. The van der Waals surface area contributed by atoms with Crippen LogP contribution in [-0.2, 0) is 8.72 Å². The summed E-state index contributed by atoms with van der Waals surface area (Å²) in [7, 11) is 0. The number of pyridine rings is 2. The molecule has 0 amide bonds. The Hall–Kier alpha value is -3.27. The predicted molar refractivity (Wildman–Crippen MR) is 170 cm³/mol. The Balaban J connectivity index is 1.13. The van der Waals surface area contributed by atoms with E-state index in [-0.39, 0.29) is 11.5 Å². The van der Waals surface area contributed by atoms with E-state index in [9.17, 15) is 13.6 Å². The van der Waals surface area contributed by atoms with Crippen molar-refractivity contribution in [3.8, 4) is 22.6 Å². The molecular formula is C34H33F2IN4O. The molecule has 1 aromatic carbocycles. The number of imidazole rings is 1. The molecule has 2 aliphatic carbocycles. The molecule has 4 aromatic rings. The molecule has 6 rings (SSSR count). The topological polar surface area (TPSA) is 71.5 Å². The van der Waals surface area contributed by atoms with Gasteiger partial charge in [0.15, 0.2) is 0 Å². The lowest BCUT2D eigenvalue weighted by Gasteiger charge is -2.28. The van der Waals surface area contributed by atoms with E-state index in [0.29, 0.717) is 36.2 Å². The monoisotopic (exact) mass is 678 g/mol. The molecule has 1 saturated carbocycles. The first-order valence-electron chi connectivity index (χ1n) is 14.7. The molecule has 0 aliphatic heterocycles. The van der Waals surface area contributed by atoms with Crippen molar-refractivity contribution in [1.29, 1.82) is 0 Å². The van der Waals surface area contributed by atoms with Crippen molar-refractivity contribution in [2.24, 2.45) is 5.92 Å². The van der Waals surface area contributed by atoms with E-state index in [1.807, 2.05) is 37.4 Å². The van der Waals surface area contributed by atoms with Crippen LogP contribution in [0.3, 0.4) is 0 Å². The number of nitrogens with one attached hydrogen (secondary N) is 1. The summed E-state index contributed by atoms with van der Waals surface area (Å²) in [5, 5.41) is 1.71. The van der Waals surface area contributed by atoms with E-state index in [0.717, 1.165) is 88.0 Å². The standard InChI is InChI=1S/C34H33F2IN4O/c1-2-28(42)17-21-3-5-22(6-4-21)23-7-9-24(10-8-23)29-13-12-26(20-39-29)33-40-30-14-11-25(18-32(30)41-33)31-19-27(15-16-38-31)34(35,36)37/h7-10,12-16,18-22,25H,2-6,11,17H2,1H3,(H,40,41). The fourth-order valence-corrected chi connectivity index (χ4v) is 6.49. The highest BCUT2D eigenvalue weighted by molar-refractivity contribution is 14.1. The Kier molecular flexibility index (Phi) is 8.34. The molecule has 3 aromatic heterocycles. The molecule has 1 fully saturated rings. The maximum absolute atomic E-state index is 13.8. The highest BCUT2D eigenvalue weighted by Crippen LogP contribution is 2.38. The highest BCUT2D eigenvalue weighted by atomic mass is 127. The number of ketones is 1. The molecule has 0 spiro atoms. The Labute approximate surface area is 257 Å². The lowest BCUT2D eigenvalue weighted by molar-refractivity contribution is -0.119. The first-order chi connectivity index (χ1) is 20.3. The van der Waals surface area contributed by atoms with E-state index >= 15 is 0 Å². The first kappa shape index (κ1) is 28.8. The van der Waals surface area contributed by atoms with Crippen LogP contribution in [0.2, 0.25) is 0 Å². The molecule has 1 unspecified atom stereocenters. The molecule has 3 heterocycles. The first-order valence-corrected chi connectivity index (χ1v) is 15.7. The van der Waals surface area contributed by atoms with Crippen molar-refractivity contribution < 1.29 is 13.6 Å². The van der Waals surface area contributed by atoms with Crippen LogP contribution >= 0.6 is 22.6 Å². The van der Waals surface area contributed by atoms with E-state index < -0.39 is 3.93 Å². The second-order valence-corrected chi connectivity index (χ2v) is 12.8. The second kappa shape index (κ2) is 12.1. The molecule has 42 heavy (non-hydrogen) atoms. The van der Waals surface area contributed by atoms with Crippen molar-refractivity contribution >= 4 is 40.5 Å². The maximum atomic E-state index is 13.8. The Morgan fingerprint density at radius 3 is 2.48 bits per heavy atom. The Morgan fingerprint density at radius 1 is 1.02 bits per heavy atom. The third kappa shape index (κ3) is 6.38. The van der Waals surface area contributed by atoms with E-state index in [1.54, 1.807) is 0 Å². The number of benzene rings is 1. The van der Waals surface area contributed by atoms with Gasteiger partial charge in [-0.1, -0.05) is 37.3 Å². The number of aromatic amines is 1. The third-order valence-corrected chi connectivity index (χ3v) is 9.28. The third-order valence-electron chi connectivity index (χ3n) is 8.65. The Morgan fingerprint density at radius 2 is 1.79 bits per heavy atom. The highest BCUT2D eigenvalue weighted by Gasteiger charge is 2.28. The van der Waals surface area contributed by atoms with Gasteiger partial charge in [0.25, 0.3) is 0 Å². The van der Waals surface area contributed by atoms with Gasteiger partial charge in [-0.05, 0) is 79.8 Å². The van der Waals surface area contributed by atoms with Crippen molar-refractivity contribution in [2.45, 2.75) is 67.6 Å². The van der Waals surface area contributed by atoms with Crippen molar-refractivity contribution in [1.82, 2.24) is 19.9 Å². The van der Waals surface area contributed by atoms with Crippen LogP contribution in [0.15, 0.2) is 60.9 Å². The summed E-state index contributed by atoms with van der Waals surface area (Å²) >= 11 is 1.15. The van der Waals surface area contributed by atoms with Crippen LogP contribution in [0.25, 0.3) is 34.8 Å². The second-order valence-electron chi connectivity index (χ2n) is 11.4. The number of hydrogen-bond donors (Lipinski definition) is 1. The quantitative estimate of drug-likeness (QED) is 0.156. The molecule has 2 aliphatic rings. The fourth-order valence-electron chi connectivity index (χ4n) is 6.16. The minimum Gasteiger partial charge on any atom is -0.338 e. The molecule has 1 atom stereocenters. The lowest BCUT2D eigenvalue weighted by atomic mass is 9.77. The molecule has 0 bridgehead atoms. The normalized spacial score (nSPS) is 20.3. The van der Waals surface area contributed by atoms with Gasteiger partial charge in [0, 0.05) is 76.1 Å². The molecular weight excluding hydrogens is 645 g/mol. The van der Waals surface area contributed by atoms with Gasteiger partial charge in [0.05, 0.1) is 16.4 Å². The number of carbonyl (C=O) groups excluding carboxylic acids is 1. The van der Waals surface area contributed by atoms with Gasteiger partial charge >= 0.3 is 3.93 Å². The number of hydrogen-bond acceptors (Lipinski definition) is 4. The van der Waals surface area contributed by atoms with Gasteiger partial charge in [0.1, 0.15) is 11.6 Å².